The van der Waals surface area contributed by atoms with Crippen LogP contribution < -0.4 is 10.6 Å². The van der Waals surface area contributed by atoms with Crippen molar-refractivity contribution in [3.63, 3.8) is 0 Å². The molecule has 1 heterocycles. The second kappa shape index (κ2) is 3.56. The van der Waals surface area contributed by atoms with E-state index in [2.05, 4.69) is 10.6 Å². The van der Waals surface area contributed by atoms with Crippen LogP contribution in [-0.4, -0.2) is 26.0 Å². The normalized spacial score (nSPS) is 25.9. The van der Waals surface area contributed by atoms with Crippen molar-refractivity contribution in [3.8, 4) is 0 Å². The Bertz CT molecular complexity index is 119. The van der Waals surface area contributed by atoms with Gasteiger partial charge in [-0.2, -0.15) is 0 Å². The molecule has 1 aliphatic rings. The Kier molecular flexibility index (Phi) is 2.68. The molecule has 1 atom stereocenters. The molecule has 10 heavy (non-hydrogen) atoms. The first kappa shape index (κ1) is 7.54. The average molecular weight is 143 g/mol. The molecule has 0 saturated carbocycles. The molecule has 1 aliphatic heterocycles. The average Bonchev–Trinajstić information content (AvgIpc) is 2.05. The first-order chi connectivity index (χ1) is 4.84. The second-order valence-electron chi connectivity index (χ2n) is 2.77. The van der Waals surface area contributed by atoms with Crippen molar-refractivity contribution < 1.29 is 10.1 Å². The molecule has 3 heteroatoms. The number of carbonyl (C=O) groups is 1. The third-order valence-electron chi connectivity index (χ3n) is 2.03. The van der Waals surface area contributed by atoms with Crippen LogP contribution >= 0.6 is 0 Å². The van der Waals surface area contributed by atoms with Crippen molar-refractivity contribution >= 4 is 5.91 Å². The van der Waals surface area contributed by atoms with Gasteiger partial charge >= 0.3 is 0 Å². The van der Waals surface area contributed by atoms with Gasteiger partial charge in [0.1, 0.15) is 0 Å². The Morgan fingerprint density at radius 2 is 2.50 bits per heavy atom. The number of hydrogen-bond acceptors (Lipinski definition) is 1. The van der Waals surface area contributed by atoms with Gasteiger partial charge in [0, 0.05) is 7.05 Å². The molecular weight excluding hydrogens is 128 g/mol. The van der Waals surface area contributed by atoms with E-state index < -0.39 is 0 Å². The predicted octanol–water partition coefficient (Wildman–Crippen LogP) is -1.29. The summed E-state index contributed by atoms with van der Waals surface area (Å²) in [5.41, 5.74) is 0. The van der Waals surface area contributed by atoms with Crippen molar-refractivity contribution in [3.05, 3.63) is 0 Å². The Balaban J connectivity index is 2.31. The van der Waals surface area contributed by atoms with Crippen molar-refractivity contribution in [2.45, 2.75) is 12.8 Å². The molecular formula is C7H15N2O+. The van der Waals surface area contributed by atoms with Crippen LogP contribution in [0.3, 0.4) is 0 Å². The van der Waals surface area contributed by atoms with E-state index in [4.69, 9.17) is 0 Å². The molecule has 0 spiro atoms. The zero-order chi connectivity index (χ0) is 7.40. The number of nitrogens with two attached hydrogens (primary N) is 1. The van der Waals surface area contributed by atoms with Crippen LogP contribution in [0.15, 0.2) is 0 Å². The first-order valence-electron chi connectivity index (χ1n) is 3.88. The molecule has 1 saturated heterocycles. The van der Waals surface area contributed by atoms with Crippen LogP contribution in [0.4, 0.5) is 0 Å². The van der Waals surface area contributed by atoms with Crippen molar-refractivity contribution in [2.24, 2.45) is 5.92 Å². The maximum atomic E-state index is 11.0. The third-order valence-corrected chi connectivity index (χ3v) is 2.03. The Morgan fingerprint density at radius 1 is 1.70 bits per heavy atom. The summed E-state index contributed by atoms with van der Waals surface area (Å²) in [6.07, 6.45) is 2.24. The lowest BCUT2D eigenvalue weighted by Crippen LogP contribution is -2.87. The standard InChI is InChI=1S/C7H14N2O/c1-8-7(10)6-3-2-4-9-5-6/h6,9H,2-5H2,1H3,(H,8,10)/p+1. The number of piperidine rings is 1. The monoisotopic (exact) mass is 143 g/mol. The molecule has 1 amide bonds. The number of quaternary nitrogens is 1. The van der Waals surface area contributed by atoms with Crippen LogP contribution in [0.5, 0.6) is 0 Å². The highest BCUT2D eigenvalue weighted by Gasteiger charge is 2.21. The fraction of sp³-hybridized carbons (Fsp3) is 0.857. The van der Waals surface area contributed by atoms with E-state index in [1.165, 1.54) is 13.0 Å². The molecule has 0 radical (unpaired) electrons. The van der Waals surface area contributed by atoms with Gasteiger partial charge in [-0.05, 0) is 12.8 Å². The minimum atomic E-state index is 0.205. The third kappa shape index (κ3) is 1.70. The zero-order valence-corrected chi connectivity index (χ0v) is 6.39. The zero-order valence-electron chi connectivity index (χ0n) is 6.39. The van der Waals surface area contributed by atoms with Crippen LogP contribution in [0, 0.1) is 5.92 Å². The Labute approximate surface area is 61.2 Å². The maximum Gasteiger partial charge on any atom is 0.228 e. The number of amides is 1. The van der Waals surface area contributed by atoms with Crippen molar-refractivity contribution in [1.82, 2.24) is 5.32 Å². The Morgan fingerprint density at radius 3 is 3.00 bits per heavy atom. The van der Waals surface area contributed by atoms with Gasteiger partial charge in [0.05, 0.1) is 19.0 Å². The van der Waals surface area contributed by atoms with E-state index in [9.17, 15) is 4.79 Å². The fourth-order valence-corrected chi connectivity index (χ4v) is 1.39. The molecule has 0 aromatic heterocycles. The van der Waals surface area contributed by atoms with Crippen LogP contribution in [0.25, 0.3) is 0 Å². The minimum Gasteiger partial charge on any atom is -0.359 e. The van der Waals surface area contributed by atoms with Gasteiger partial charge in [-0.1, -0.05) is 0 Å². The van der Waals surface area contributed by atoms with Gasteiger partial charge in [-0.25, -0.2) is 0 Å². The van der Waals surface area contributed by atoms with Crippen LogP contribution in [0.1, 0.15) is 12.8 Å². The Hall–Kier alpha value is -0.570. The summed E-state index contributed by atoms with van der Waals surface area (Å²) in [4.78, 5) is 11.0. The second-order valence-corrected chi connectivity index (χ2v) is 2.77. The van der Waals surface area contributed by atoms with E-state index in [0.29, 0.717) is 0 Å². The topological polar surface area (TPSA) is 45.7 Å². The van der Waals surface area contributed by atoms with E-state index in [1.54, 1.807) is 7.05 Å². The van der Waals surface area contributed by atoms with Gasteiger partial charge < -0.3 is 10.6 Å². The number of hydrogen-bond donors (Lipinski definition) is 2. The number of rotatable bonds is 1. The summed E-state index contributed by atoms with van der Waals surface area (Å²) in [6.45, 7) is 2.16. The smallest absolute Gasteiger partial charge is 0.228 e. The highest BCUT2D eigenvalue weighted by Crippen LogP contribution is 2.05. The molecule has 3 N–H and O–H groups in total. The molecule has 58 valence electrons. The molecule has 0 aliphatic carbocycles. The van der Waals surface area contributed by atoms with Gasteiger partial charge in [0.25, 0.3) is 0 Å². The lowest BCUT2D eigenvalue weighted by atomic mass is 9.99. The fourth-order valence-electron chi connectivity index (χ4n) is 1.39. The number of nitrogens with one attached hydrogen (secondary N) is 1. The predicted molar refractivity (Wildman–Crippen MR) is 38.5 cm³/mol. The van der Waals surface area contributed by atoms with Gasteiger partial charge in [0.15, 0.2) is 0 Å². The van der Waals surface area contributed by atoms with Gasteiger partial charge in [-0.3, -0.25) is 4.79 Å². The first-order valence-corrected chi connectivity index (χ1v) is 3.88. The van der Waals surface area contributed by atoms with Crippen molar-refractivity contribution in [2.75, 3.05) is 20.1 Å². The maximum absolute atomic E-state index is 11.0. The number of carbonyl (C=O) groups excluding carboxylic acids is 1. The molecule has 0 bridgehead atoms. The minimum absolute atomic E-state index is 0.205. The molecule has 1 fully saturated rings. The molecule has 3 nitrogen and oxygen atoms in total. The quantitative estimate of drug-likeness (QED) is 0.471. The largest absolute Gasteiger partial charge is 0.359 e. The molecule has 0 aromatic rings. The van der Waals surface area contributed by atoms with Crippen LogP contribution in [0.2, 0.25) is 0 Å². The summed E-state index contributed by atoms with van der Waals surface area (Å²) < 4.78 is 0. The summed E-state index contributed by atoms with van der Waals surface area (Å²) in [5, 5.41) is 4.89. The summed E-state index contributed by atoms with van der Waals surface area (Å²) in [5.74, 6) is 0.467. The summed E-state index contributed by atoms with van der Waals surface area (Å²) in [7, 11) is 1.71. The summed E-state index contributed by atoms with van der Waals surface area (Å²) in [6, 6.07) is 0. The van der Waals surface area contributed by atoms with Gasteiger partial charge in [-0.15, -0.1) is 0 Å². The van der Waals surface area contributed by atoms with E-state index in [-0.39, 0.29) is 11.8 Å². The molecule has 0 aromatic carbocycles. The SMILES string of the molecule is CNC(=O)C1CCC[NH2+]C1. The lowest BCUT2D eigenvalue weighted by Gasteiger charge is -2.17. The molecule has 1 unspecified atom stereocenters. The van der Waals surface area contributed by atoms with E-state index in [0.717, 1.165) is 13.0 Å². The lowest BCUT2D eigenvalue weighted by molar-refractivity contribution is -0.666. The molecule has 1 rings (SSSR count). The van der Waals surface area contributed by atoms with Crippen molar-refractivity contribution in [1.29, 1.82) is 0 Å². The van der Waals surface area contributed by atoms with Gasteiger partial charge in [0.2, 0.25) is 5.91 Å². The van der Waals surface area contributed by atoms with E-state index >= 15 is 0 Å². The van der Waals surface area contributed by atoms with Crippen LogP contribution in [-0.2, 0) is 4.79 Å². The highest BCUT2D eigenvalue weighted by molar-refractivity contribution is 5.78. The van der Waals surface area contributed by atoms with E-state index in [1.807, 2.05) is 0 Å². The summed E-state index contributed by atoms with van der Waals surface area (Å²) >= 11 is 0. The highest BCUT2D eigenvalue weighted by atomic mass is 16.1.